The maximum Gasteiger partial charge on any atom is 0.398 e. The van der Waals surface area contributed by atoms with E-state index in [1.54, 1.807) is 4.57 Å². The van der Waals surface area contributed by atoms with Crippen molar-refractivity contribution in [1.82, 2.24) is 14.8 Å². The molecule has 1 heterocycles. The second-order valence-corrected chi connectivity index (χ2v) is 4.41. The Hall–Kier alpha value is -0.760. The van der Waals surface area contributed by atoms with Crippen LogP contribution in [0.3, 0.4) is 0 Å². The average molecular weight is 254 g/mol. The Morgan fingerprint density at radius 1 is 1.38 bits per heavy atom. The van der Waals surface area contributed by atoms with Crippen molar-refractivity contribution in [3.8, 4) is 0 Å². The number of aromatic nitrogens is 3. The Labute approximate surface area is 95.4 Å². The van der Waals surface area contributed by atoms with Gasteiger partial charge in [0.05, 0.1) is 12.3 Å². The van der Waals surface area contributed by atoms with E-state index in [1.807, 2.05) is 13.8 Å². The van der Waals surface area contributed by atoms with Crippen molar-refractivity contribution in [2.75, 3.05) is 5.75 Å². The molecule has 16 heavy (non-hydrogen) atoms. The number of alkyl halides is 3. The Bertz CT molecular complexity index is 348. The van der Waals surface area contributed by atoms with Crippen LogP contribution in [0.2, 0.25) is 0 Å². The molecule has 1 aromatic heterocycles. The van der Waals surface area contributed by atoms with Gasteiger partial charge in [-0.3, -0.25) is 0 Å². The van der Waals surface area contributed by atoms with E-state index in [2.05, 4.69) is 10.2 Å². The van der Waals surface area contributed by atoms with E-state index < -0.39 is 11.9 Å². The highest BCUT2D eigenvalue weighted by molar-refractivity contribution is 7.99. The summed E-state index contributed by atoms with van der Waals surface area (Å²) in [6, 6.07) is -0.00992. The number of hydrogen-bond acceptors (Lipinski definition) is 4. The molecule has 0 aliphatic heterocycles. The Morgan fingerprint density at radius 3 is 2.44 bits per heavy atom. The summed E-state index contributed by atoms with van der Waals surface area (Å²) >= 11 is 0.627. The van der Waals surface area contributed by atoms with Crippen molar-refractivity contribution in [3.05, 3.63) is 5.82 Å². The van der Waals surface area contributed by atoms with Crippen molar-refractivity contribution >= 4 is 11.8 Å². The van der Waals surface area contributed by atoms with Gasteiger partial charge in [-0.25, -0.2) is 0 Å². The summed E-state index contributed by atoms with van der Waals surface area (Å²) in [7, 11) is 0. The molecule has 0 atom stereocenters. The first kappa shape index (κ1) is 13.3. The molecule has 0 fully saturated rings. The van der Waals surface area contributed by atoms with Crippen molar-refractivity contribution in [2.24, 2.45) is 5.73 Å². The molecule has 1 aromatic rings. The van der Waals surface area contributed by atoms with Crippen LogP contribution in [-0.4, -0.2) is 26.7 Å². The molecule has 0 spiro atoms. The first-order valence-electron chi connectivity index (χ1n) is 4.68. The van der Waals surface area contributed by atoms with Crippen LogP contribution in [-0.2, 0) is 6.54 Å². The molecule has 0 aromatic carbocycles. The molecule has 1 rings (SSSR count). The van der Waals surface area contributed by atoms with Gasteiger partial charge >= 0.3 is 6.18 Å². The highest BCUT2D eigenvalue weighted by Crippen LogP contribution is 2.28. The lowest BCUT2D eigenvalue weighted by molar-refractivity contribution is -0.105. The first-order chi connectivity index (χ1) is 7.35. The summed E-state index contributed by atoms with van der Waals surface area (Å²) in [5, 5.41) is 7.72. The average Bonchev–Trinajstić information content (AvgIpc) is 2.56. The summed E-state index contributed by atoms with van der Waals surface area (Å²) in [6.45, 7) is 3.86. The van der Waals surface area contributed by atoms with Crippen LogP contribution in [0, 0.1) is 0 Å². The first-order valence-corrected chi connectivity index (χ1v) is 5.67. The van der Waals surface area contributed by atoms with E-state index in [0.717, 1.165) is 0 Å². The minimum Gasteiger partial charge on any atom is -0.324 e. The minimum absolute atomic E-state index is 0.00992. The summed E-state index contributed by atoms with van der Waals surface area (Å²) in [6.07, 6.45) is -4.21. The summed E-state index contributed by atoms with van der Waals surface area (Å²) < 4.78 is 37.8. The lowest BCUT2D eigenvalue weighted by Gasteiger charge is -2.13. The van der Waals surface area contributed by atoms with Gasteiger partial charge in [0.2, 0.25) is 0 Å². The fourth-order valence-corrected chi connectivity index (χ4v) is 2.06. The topological polar surface area (TPSA) is 56.7 Å². The van der Waals surface area contributed by atoms with Crippen molar-refractivity contribution < 1.29 is 13.2 Å². The number of rotatable bonds is 4. The molecule has 0 aliphatic carbocycles. The van der Waals surface area contributed by atoms with Gasteiger partial charge in [-0.1, -0.05) is 11.8 Å². The van der Waals surface area contributed by atoms with Crippen molar-refractivity contribution in [1.29, 1.82) is 0 Å². The van der Waals surface area contributed by atoms with Crippen LogP contribution in [0.15, 0.2) is 5.16 Å². The number of thioether (sulfide) groups is 1. The largest absolute Gasteiger partial charge is 0.398 e. The van der Waals surface area contributed by atoms with E-state index in [1.165, 1.54) is 0 Å². The van der Waals surface area contributed by atoms with Crippen LogP contribution in [0.25, 0.3) is 0 Å². The summed E-state index contributed by atoms with van der Waals surface area (Å²) in [5.41, 5.74) is 5.43. The van der Waals surface area contributed by atoms with Crippen LogP contribution < -0.4 is 5.73 Å². The van der Waals surface area contributed by atoms with Gasteiger partial charge in [0.25, 0.3) is 0 Å². The Kier molecular flexibility index (Phi) is 4.20. The fourth-order valence-electron chi connectivity index (χ4n) is 1.21. The highest BCUT2D eigenvalue weighted by Gasteiger charge is 2.29. The Morgan fingerprint density at radius 2 is 2.00 bits per heavy atom. The molecule has 0 unspecified atom stereocenters. The third-order valence-electron chi connectivity index (χ3n) is 1.80. The number of halogens is 3. The molecule has 0 radical (unpaired) electrons. The van der Waals surface area contributed by atoms with Gasteiger partial charge in [-0.05, 0) is 13.8 Å². The van der Waals surface area contributed by atoms with Crippen molar-refractivity contribution in [3.63, 3.8) is 0 Å². The predicted molar refractivity (Wildman–Crippen MR) is 55.1 cm³/mol. The van der Waals surface area contributed by atoms with E-state index >= 15 is 0 Å². The Balaban J connectivity index is 2.84. The highest BCUT2D eigenvalue weighted by atomic mass is 32.2. The molecule has 0 aliphatic rings. The zero-order valence-corrected chi connectivity index (χ0v) is 9.77. The third kappa shape index (κ3) is 3.38. The van der Waals surface area contributed by atoms with Gasteiger partial charge in [0.15, 0.2) is 5.16 Å². The maximum atomic E-state index is 12.1. The van der Waals surface area contributed by atoms with E-state index in [0.29, 0.717) is 17.6 Å². The predicted octanol–water partition coefficient (Wildman–Crippen LogP) is 1.97. The van der Waals surface area contributed by atoms with Crippen LogP contribution in [0.1, 0.15) is 25.7 Å². The molecule has 8 heteroatoms. The molecular weight excluding hydrogens is 241 g/mol. The van der Waals surface area contributed by atoms with E-state index in [9.17, 15) is 13.2 Å². The van der Waals surface area contributed by atoms with Gasteiger partial charge in [-0.2, -0.15) is 13.2 Å². The molecule has 92 valence electrons. The minimum atomic E-state index is -4.21. The standard InChI is InChI=1S/C8H13F3N4S/c1-5(2)15-6(3-12)13-14-7(15)16-4-8(9,10)11/h5H,3-4,12H2,1-2H3. The lowest BCUT2D eigenvalue weighted by atomic mass is 10.4. The summed E-state index contributed by atoms with van der Waals surface area (Å²) in [4.78, 5) is 0. The molecular formula is C8H13F3N4S. The zero-order valence-electron chi connectivity index (χ0n) is 8.95. The molecule has 0 saturated heterocycles. The zero-order chi connectivity index (χ0) is 12.3. The fraction of sp³-hybridized carbons (Fsp3) is 0.750. The van der Waals surface area contributed by atoms with Gasteiger partial charge < -0.3 is 10.3 Å². The number of nitrogens with zero attached hydrogens (tertiary/aromatic N) is 3. The third-order valence-corrected chi connectivity index (χ3v) is 2.81. The molecule has 0 amide bonds. The number of nitrogens with two attached hydrogens (primary N) is 1. The van der Waals surface area contributed by atoms with Crippen molar-refractivity contribution in [2.45, 2.75) is 37.8 Å². The van der Waals surface area contributed by atoms with Crippen LogP contribution in [0.4, 0.5) is 13.2 Å². The maximum absolute atomic E-state index is 12.1. The van der Waals surface area contributed by atoms with Gasteiger partial charge in [0, 0.05) is 6.04 Å². The molecule has 0 saturated carbocycles. The lowest BCUT2D eigenvalue weighted by Crippen LogP contribution is -2.14. The normalized spacial score (nSPS) is 12.4. The van der Waals surface area contributed by atoms with Crippen LogP contribution in [0.5, 0.6) is 0 Å². The molecule has 2 N–H and O–H groups in total. The smallest absolute Gasteiger partial charge is 0.324 e. The van der Waals surface area contributed by atoms with E-state index in [-0.39, 0.29) is 17.7 Å². The quantitative estimate of drug-likeness (QED) is 0.835. The van der Waals surface area contributed by atoms with E-state index in [4.69, 9.17) is 5.73 Å². The second kappa shape index (κ2) is 5.05. The molecule has 0 bridgehead atoms. The monoisotopic (exact) mass is 254 g/mol. The number of hydrogen-bond donors (Lipinski definition) is 1. The summed E-state index contributed by atoms with van der Waals surface area (Å²) in [5.74, 6) is -0.470. The second-order valence-electron chi connectivity index (χ2n) is 3.47. The van der Waals surface area contributed by atoms with Crippen LogP contribution >= 0.6 is 11.8 Å². The van der Waals surface area contributed by atoms with Gasteiger partial charge in [0.1, 0.15) is 5.82 Å². The molecule has 4 nitrogen and oxygen atoms in total. The van der Waals surface area contributed by atoms with Gasteiger partial charge in [-0.15, -0.1) is 10.2 Å². The SMILES string of the molecule is CC(C)n1c(CN)nnc1SCC(F)(F)F.